The van der Waals surface area contributed by atoms with Gasteiger partial charge in [0.15, 0.2) is 6.61 Å². The van der Waals surface area contributed by atoms with E-state index in [1.807, 2.05) is 36.4 Å². The highest BCUT2D eigenvalue weighted by Crippen LogP contribution is 2.25. The van der Waals surface area contributed by atoms with Crippen molar-refractivity contribution in [2.45, 2.75) is 0 Å². The van der Waals surface area contributed by atoms with E-state index in [0.717, 1.165) is 10.6 Å². The van der Waals surface area contributed by atoms with E-state index >= 15 is 0 Å². The maximum Gasteiger partial charge on any atom is 0.262 e. The van der Waals surface area contributed by atoms with E-state index in [1.54, 1.807) is 72.8 Å². The second kappa shape index (κ2) is 13.8. The van der Waals surface area contributed by atoms with Gasteiger partial charge in [0.1, 0.15) is 23.8 Å². The fourth-order valence-corrected chi connectivity index (χ4v) is 4.42. The molecule has 0 atom stereocenters. The summed E-state index contributed by atoms with van der Waals surface area (Å²) in [6.07, 6.45) is 2.43. The van der Waals surface area contributed by atoms with Crippen molar-refractivity contribution in [1.29, 1.82) is 0 Å². The zero-order valence-corrected chi connectivity index (χ0v) is 23.0. The molecule has 0 fully saturated rings. The number of hydrogen-bond donors (Lipinski definition) is 2. The molecule has 0 unspecified atom stereocenters. The van der Waals surface area contributed by atoms with Crippen LogP contribution >= 0.6 is 0 Å². The van der Waals surface area contributed by atoms with Gasteiger partial charge in [-0.1, -0.05) is 36.4 Å². The summed E-state index contributed by atoms with van der Waals surface area (Å²) in [5.74, 6) is 0.739. The van der Waals surface area contributed by atoms with Crippen LogP contribution in [0.2, 0.25) is 0 Å². The molecule has 10 nitrogen and oxygen atoms in total. The third-order valence-electron chi connectivity index (χ3n) is 5.50. The number of amides is 2. The largest absolute Gasteiger partial charge is 0.484 e. The molecule has 0 spiro atoms. The molecule has 210 valence electrons. The Balaban J connectivity index is 1.27. The van der Waals surface area contributed by atoms with Crippen LogP contribution in [0.3, 0.4) is 0 Å². The predicted octanol–water partition coefficient (Wildman–Crippen LogP) is 4.41. The van der Waals surface area contributed by atoms with Gasteiger partial charge in [-0.2, -0.15) is 5.10 Å². The molecular weight excluding hydrogens is 544 g/mol. The molecule has 0 saturated carbocycles. The van der Waals surface area contributed by atoms with Gasteiger partial charge in [-0.15, -0.1) is 0 Å². The summed E-state index contributed by atoms with van der Waals surface area (Å²) in [6.45, 7) is -0.620. The van der Waals surface area contributed by atoms with E-state index in [1.165, 1.54) is 6.21 Å². The van der Waals surface area contributed by atoms with Gasteiger partial charge < -0.3 is 14.8 Å². The Morgan fingerprint density at radius 3 is 2.00 bits per heavy atom. The quantitative estimate of drug-likeness (QED) is 0.191. The smallest absolute Gasteiger partial charge is 0.262 e. The Kier molecular flexibility index (Phi) is 9.68. The van der Waals surface area contributed by atoms with Gasteiger partial charge in [0.25, 0.3) is 11.8 Å². The third-order valence-corrected chi connectivity index (χ3v) is 6.64. The number of benzene rings is 4. The molecule has 11 heteroatoms. The number of hydrogen-bond acceptors (Lipinski definition) is 7. The molecule has 0 aliphatic carbocycles. The van der Waals surface area contributed by atoms with Gasteiger partial charge in [0.05, 0.1) is 18.2 Å². The first-order valence-corrected chi connectivity index (χ1v) is 14.3. The molecule has 0 bridgehead atoms. The summed E-state index contributed by atoms with van der Waals surface area (Å²) in [7, 11) is -3.76. The summed E-state index contributed by atoms with van der Waals surface area (Å²) in [5, 5.41) is 6.65. The number of hydrazone groups is 1. The summed E-state index contributed by atoms with van der Waals surface area (Å²) >= 11 is 0. The number of ether oxygens (including phenoxy) is 2. The van der Waals surface area contributed by atoms with Crippen LogP contribution in [0.5, 0.6) is 17.2 Å². The topological polar surface area (TPSA) is 126 Å². The zero-order valence-electron chi connectivity index (χ0n) is 22.1. The van der Waals surface area contributed by atoms with Gasteiger partial charge >= 0.3 is 0 Å². The number of carbonyl (C=O) groups is 2. The first-order valence-electron chi connectivity index (χ1n) is 12.5. The molecule has 0 aromatic heterocycles. The number of para-hydroxylation sites is 2. The highest BCUT2D eigenvalue weighted by molar-refractivity contribution is 7.92. The Morgan fingerprint density at radius 1 is 0.780 bits per heavy atom. The van der Waals surface area contributed by atoms with Crippen LogP contribution in [-0.2, 0) is 19.6 Å². The molecule has 4 rings (SSSR count). The van der Waals surface area contributed by atoms with Crippen molar-refractivity contribution >= 4 is 39.4 Å². The Morgan fingerprint density at radius 2 is 1.37 bits per heavy atom. The molecule has 0 saturated heterocycles. The molecule has 0 aliphatic rings. The lowest BCUT2D eigenvalue weighted by Crippen LogP contribution is -2.38. The second-order valence-corrected chi connectivity index (χ2v) is 10.7. The van der Waals surface area contributed by atoms with Crippen LogP contribution in [0.25, 0.3) is 0 Å². The van der Waals surface area contributed by atoms with Gasteiger partial charge in [-0.05, 0) is 78.4 Å². The molecule has 4 aromatic rings. The SMILES string of the molecule is CS(=O)(=O)N(CC(=O)N/N=C/c1ccc(OCC(=O)Nc2ccccc2)cc1)c1ccc(Oc2ccccc2)cc1. The number of nitrogens with one attached hydrogen (secondary N) is 2. The van der Waals surface area contributed by atoms with Gasteiger partial charge in [-0.25, -0.2) is 13.8 Å². The highest BCUT2D eigenvalue weighted by atomic mass is 32.2. The molecule has 0 radical (unpaired) electrons. The minimum absolute atomic E-state index is 0.155. The first-order chi connectivity index (χ1) is 19.8. The van der Waals surface area contributed by atoms with E-state index in [-0.39, 0.29) is 12.5 Å². The van der Waals surface area contributed by atoms with E-state index in [0.29, 0.717) is 34.2 Å². The van der Waals surface area contributed by atoms with E-state index in [4.69, 9.17) is 9.47 Å². The van der Waals surface area contributed by atoms with Gasteiger partial charge in [0.2, 0.25) is 10.0 Å². The van der Waals surface area contributed by atoms with Crippen molar-refractivity contribution in [3.8, 4) is 17.2 Å². The maximum absolute atomic E-state index is 12.5. The lowest BCUT2D eigenvalue weighted by atomic mass is 10.2. The predicted molar refractivity (Wildman–Crippen MR) is 158 cm³/mol. The van der Waals surface area contributed by atoms with Crippen LogP contribution in [0, 0.1) is 0 Å². The van der Waals surface area contributed by atoms with Gasteiger partial charge in [0, 0.05) is 5.69 Å². The van der Waals surface area contributed by atoms with E-state index in [2.05, 4.69) is 15.8 Å². The van der Waals surface area contributed by atoms with Crippen molar-refractivity contribution in [1.82, 2.24) is 5.43 Å². The van der Waals surface area contributed by atoms with Crippen molar-refractivity contribution in [3.05, 3.63) is 115 Å². The molecule has 2 amide bonds. The van der Waals surface area contributed by atoms with Crippen molar-refractivity contribution in [3.63, 3.8) is 0 Å². The molecule has 0 heterocycles. The van der Waals surface area contributed by atoms with Crippen molar-refractivity contribution in [2.24, 2.45) is 5.10 Å². The van der Waals surface area contributed by atoms with Crippen LogP contribution in [0.4, 0.5) is 11.4 Å². The minimum Gasteiger partial charge on any atom is -0.484 e. The second-order valence-electron chi connectivity index (χ2n) is 8.74. The summed E-state index contributed by atoms with van der Waals surface area (Å²) < 4.78 is 37.0. The highest BCUT2D eigenvalue weighted by Gasteiger charge is 2.21. The molecule has 0 aliphatic heterocycles. The first kappa shape index (κ1) is 28.8. The number of sulfonamides is 1. The van der Waals surface area contributed by atoms with Crippen molar-refractivity contribution < 1.29 is 27.5 Å². The molecule has 2 N–H and O–H groups in total. The van der Waals surface area contributed by atoms with Crippen LogP contribution in [-0.4, -0.2) is 45.9 Å². The fourth-order valence-electron chi connectivity index (χ4n) is 3.57. The summed E-state index contributed by atoms with van der Waals surface area (Å²) in [5.41, 5.74) is 3.98. The lowest BCUT2D eigenvalue weighted by molar-refractivity contribution is -0.119. The molecule has 4 aromatic carbocycles. The van der Waals surface area contributed by atoms with Crippen LogP contribution in [0.15, 0.2) is 114 Å². The van der Waals surface area contributed by atoms with E-state index in [9.17, 15) is 18.0 Å². The van der Waals surface area contributed by atoms with Gasteiger partial charge in [-0.3, -0.25) is 13.9 Å². The minimum atomic E-state index is -3.76. The molecular formula is C30H28N4O6S. The third kappa shape index (κ3) is 9.22. The average Bonchev–Trinajstić information content (AvgIpc) is 2.96. The average molecular weight is 573 g/mol. The monoisotopic (exact) mass is 572 g/mol. The van der Waals surface area contributed by atoms with E-state index < -0.39 is 22.5 Å². The maximum atomic E-state index is 12.5. The standard InChI is InChI=1S/C30H28N4O6S/c1-41(37,38)34(25-14-18-28(19-15-25)40-27-10-6-3-7-11-27)21-29(35)33-31-20-23-12-16-26(17-13-23)39-22-30(36)32-24-8-4-2-5-9-24/h2-20H,21-22H2,1H3,(H,32,36)(H,33,35)/b31-20+. The summed E-state index contributed by atoms with van der Waals surface area (Å²) in [6, 6.07) is 31.3. The fraction of sp³-hybridized carbons (Fsp3) is 0.100. The Hall–Kier alpha value is -5.16. The number of carbonyl (C=O) groups excluding carboxylic acids is 2. The number of rotatable bonds is 12. The number of nitrogens with zero attached hydrogens (tertiary/aromatic N) is 2. The summed E-state index contributed by atoms with van der Waals surface area (Å²) in [4.78, 5) is 24.5. The van der Waals surface area contributed by atoms with Crippen molar-refractivity contribution in [2.75, 3.05) is 29.0 Å². The van der Waals surface area contributed by atoms with Crippen LogP contribution < -0.4 is 24.5 Å². The Bertz CT molecular complexity index is 1580. The Labute approximate surface area is 238 Å². The zero-order chi connectivity index (χ0) is 29.1. The number of anilines is 2. The lowest BCUT2D eigenvalue weighted by Gasteiger charge is -2.21. The normalized spacial score (nSPS) is 11.0. The molecule has 41 heavy (non-hydrogen) atoms. The van der Waals surface area contributed by atoms with Crippen LogP contribution in [0.1, 0.15) is 5.56 Å².